The quantitative estimate of drug-likeness (QED) is 0.801. The zero-order chi connectivity index (χ0) is 13.6. The highest BCUT2D eigenvalue weighted by molar-refractivity contribution is 4.87. The van der Waals surface area contributed by atoms with E-state index in [1.165, 1.54) is 58.0 Å². The van der Waals surface area contributed by atoms with Crippen LogP contribution in [0.2, 0.25) is 0 Å². The first kappa shape index (κ1) is 15.3. The van der Waals surface area contributed by atoms with Crippen LogP contribution < -0.4 is 5.32 Å². The summed E-state index contributed by atoms with van der Waals surface area (Å²) in [5, 5.41) is 3.48. The third-order valence-electron chi connectivity index (χ3n) is 5.01. The molecule has 0 spiro atoms. The molecule has 0 amide bonds. The maximum absolute atomic E-state index is 5.52. The molecule has 1 saturated heterocycles. The van der Waals surface area contributed by atoms with E-state index in [1.54, 1.807) is 0 Å². The zero-order valence-electron chi connectivity index (χ0n) is 12.9. The van der Waals surface area contributed by atoms with E-state index >= 15 is 0 Å². The second kappa shape index (κ2) is 7.61. The predicted octanol–water partition coefficient (Wildman–Crippen LogP) is 2.51. The Bertz CT molecular complexity index is 240. The Labute approximate surface area is 119 Å². The molecule has 0 bridgehead atoms. The van der Waals surface area contributed by atoms with Crippen molar-refractivity contribution in [3.8, 4) is 0 Å². The number of nitrogens with one attached hydrogen (secondary N) is 1. The van der Waals surface area contributed by atoms with E-state index in [-0.39, 0.29) is 0 Å². The first-order chi connectivity index (χ1) is 9.24. The topological polar surface area (TPSA) is 24.5 Å². The van der Waals surface area contributed by atoms with Crippen molar-refractivity contribution in [2.75, 3.05) is 46.9 Å². The number of rotatable bonds is 6. The number of ether oxygens (including phenoxy) is 1. The zero-order valence-corrected chi connectivity index (χ0v) is 12.9. The molecule has 112 valence electrons. The third-order valence-corrected chi connectivity index (χ3v) is 5.01. The molecule has 0 radical (unpaired) electrons. The van der Waals surface area contributed by atoms with Gasteiger partial charge in [0.05, 0.1) is 6.61 Å². The van der Waals surface area contributed by atoms with Crippen molar-refractivity contribution >= 4 is 0 Å². The van der Waals surface area contributed by atoms with Crippen molar-refractivity contribution < 1.29 is 4.74 Å². The minimum absolute atomic E-state index is 0.392. The summed E-state index contributed by atoms with van der Waals surface area (Å²) in [6.45, 7) is 5.73. The lowest BCUT2D eigenvalue weighted by atomic mass is 9.79. The molecule has 0 aromatic heterocycles. The Hall–Kier alpha value is -0.120. The molecule has 1 heterocycles. The Balaban J connectivity index is 1.81. The smallest absolute Gasteiger partial charge is 0.0531 e. The van der Waals surface area contributed by atoms with Gasteiger partial charge in [0.2, 0.25) is 0 Å². The number of piperidine rings is 1. The fourth-order valence-electron chi connectivity index (χ4n) is 4.06. The van der Waals surface area contributed by atoms with Crippen LogP contribution in [0.25, 0.3) is 0 Å². The van der Waals surface area contributed by atoms with Gasteiger partial charge in [-0.15, -0.1) is 0 Å². The van der Waals surface area contributed by atoms with Crippen LogP contribution in [-0.2, 0) is 4.74 Å². The van der Waals surface area contributed by atoms with Gasteiger partial charge in [-0.25, -0.2) is 0 Å². The molecule has 0 aromatic carbocycles. The SMILES string of the molecule is COCC1(CN(C)CC2CCCCC2)CCNCC1. The molecule has 1 aliphatic carbocycles. The molecule has 2 aliphatic rings. The largest absolute Gasteiger partial charge is 0.384 e. The van der Waals surface area contributed by atoms with Gasteiger partial charge in [-0.2, -0.15) is 0 Å². The first-order valence-corrected chi connectivity index (χ1v) is 8.12. The highest BCUT2D eigenvalue weighted by Crippen LogP contribution is 2.31. The van der Waals surface area contributed by atoms with Crippen LogP contribution in [0.3, 0.4) is 0 Å². The van der Waals surface area contributed by atoms with Gasteiger partial charge in [0.15, 0.2) is 0 Å². The van der Waals surface area contributed by atoms with E-state index in [9.17, 15) is 0 Å². The molecule has 0 unspecified atom stereocenters. The van der Waals surface area contributed by atoms with E-state index in [0.717, 1.165) is 25.6 Å². The van der Waals surface area contributed by atoms with Crippen LogP contribution in [0.1, 0.15) is 44.9 Å². The number of hydrogen-bond donors (Lipinski definition) is 1. The molecule has 3 nitrogen and oxygen atoms in total. The molecule has 1 aliphatic heterocycles. The van der Waals surface area contributed by atoms with Crippen molar-refractivity contribution in [1.29, 1.82) is 0 Å². The second-order valence-corrected chi connectivity index (χ2v) is 6.88. The minimum atomic E-state index is 0.392. The first-order valence-electron chi connectivity index (χ1n) is 8.12. The highest BCUT2D eigenvalue weighted by atomic mass is 16.5. The summed E-state index contributed by atoms with van der Waals surface area (Å²) < 4.78 is 5.52. The van der Waals surface area contributed by atoms with Crippen LogP contribution >= 0.6 is 0 Å². The standard InChI is InChI=1S/C16H32N2O/c1-18(12-15-6-4-3-5-7-15)13-16(14-19-2)8-10-17-11-9-16/h15,17H,3-14H2,1-2H3. The van der Waals surface area contributed by atoms with E-state index in [4.69, 9.17) is 4.74 Å². The molecular weight excluding hydrogens is 236 g/mol. The summed E-state index contributed by atoms with van der Waals surface area (Å²) in [4.78, 5) is 2.58. The second-order valence-electron chi connectivity index (χ2n) is 6.88. The Kier molecular flexibility index (Phi) is 6.11. The lowest BCUT2D eigenvalue weighted by Crippen LogP contribution is -2.47. The number of nitrogens with zero attached hydrogens (tertiary/aromatic N) is 1. The molecule has 2 fully saturated rings. The van der Waals surface area contributed by atoms with Crippen molar-refractivity contribution in [1.82, 2.24) is 10.2 Å². The van der Waals surface area contributed by atoms with Gasteiger partial charge in [-0.3, -0.25) is 0 Å². The number of hydrogen-bond acceptors (Lipinski definition) is 3. The molecule has 0 atom stereocenters. The maximum Gasteiger partial charge on any atom is 0.0531 e. The summed E-state index contributed by atoms with van der Waals surface area (Å²) in [6.07, 6.45) is 9.77. The molecule has 19 heavy (non-hydrogen) atoms. The Morgan fingerprint density at radius 3 is 2.47 bits per heavy atom. The lowest BCUT2D eigenvalue weighted by Gasteiger charge is -2.41. The van der Waals surface area contributed by atoms with Crippen LogP contribution in [0.4, 0.5) is 0 Å². The Morgan fingerprint density at radius 2 is 1.84 bits per heavy atom. The minimum Gasteiger partial charge on any atom is -0.384 e. The molecule has 2 rings (SSSR count). The van der Waals surface area contributed by atoms with Crippen molar-refractivity contribution in [2.24, 2.45) is 11.3 Å². The normalized spacial score (nSPS) is 24.8. The van der Waals surface area contributed by atoms with Gasteiger partial charge in [-0.05, 0) is 51.7 Å². The molecular formula is C16H32N2O. The van der Waals surface area contributed by atoms with Crippen molar-refractivity contribution in [3.05, 3.63) is 0 Å². The van der Waals surface area contributed by atoms with Crippen molar-refractivity contribution in [3.63, 3.8) is 0 Å². The summed E-state index contributed by atoms with van der Waals surface area (Å²) in [6, 6.07) is 0. The van der Waals surface area contributed by atoms with Crippen LogP contribution in [-0.4, -0.2) is 51.8 Å². The molecule has 3 heteroatoms. The third kappa shape index (κ3) is 4.73. The summed E-state index contributed by atoms with van der Waals surface area (Å²) in [5.74, 6) is 0.945. The average Bonchev–Trinajstić information content (AvgIpc) is 2.40. The lowest BCUT2D eigenvalue weighted by molar-refractivity contribution is 0.0240. The van der Waals surface area contributed by atoms with Gasteiger partial charge in [-0.1, -0.05) is 19.3 Å². The van der Waals surface area contributed by atoms with Gasteiger partial charge >= 0.3 is 0 Å². The molecule has 1 saturated carbocycles. The Morgan fingerprint density at radius 1 is 1.16 bits per heavy atom. The van der Waals surface area contributed by atoms with Crippen molar-refractivity contribution in [2.45, 2.75) is 44.9 Å². The van der Waals surface area contributed by atoms with Gasteiger partial charge in [0.1, 0.15) is 0 Å². The highest BCUT2D eigenvalue weighted by Gasteiger charge is 2.33. The summed E-state index contributed by atoms with van der Waals surface area (Å²) in [5.41, 5.74) is 0.392. The monoisotopic (exact) mass is 268 g/mol. The van der Waals surface area contributed by atoms with Gasteiger partial charge in [0.25, 0.3) is 0 Å². The van der Waals surface area contributed by atoms with E-state index in [0.29, 0.717) is 5.41 Å². The summed E-state index contributed by atoms with van der Waals surface area (Å²) >= 11 is 0. The molecule has 0 aromatic rings. The van der Waals surface area contributed by atoms with E-state index in [2.05, 4.69) is 17.3 Å². The van der Waals surface area contributed by atoms with Crippen LogP contribution in [0, 0.1) is 11.3 Å². The fraction of sp³-hybridized carbons (Fsp3) is 1.00. The average molecular weight is 268 g/mol. The maximum atomic E-state index is 5.52. The van der Waals surface area contributed by atoms with E-state index in [1.807, 2.05) is 7.11 Å². The number of methoxy groups -OCH3 is 1. The van der Waals surface area contributed by atoms with E-state index < -0.39 is 0 Å². The molecule has 1 N–H and O–H groups in total. The van der Waals surface area contributed by atoms with Crippen LogP contribution in [0.5, 0.6) is 0 Å². The summed E-state index contributed by atoms with van der Waals surface area (Å²) in [7, 11) is 4.17. The van der Waals surface area contributed by atoms with Gasteiger partial charge < -0.3 is 15.0 Å². The van der Waals surface area contributed by atoms with Crippen LogP contribution in [0.15, 0.2) is 0 Å². The predicted molar refractivity (Wildman–Crippen MR) is 80.5 cm³/mol. The fourth-order valence-corrected chi connectivity index (χ4v) is 4.06. The van der Waals surface area contributed by atoms with Gasteiger partial charge in [0, 0.05) is 25.6 Å².